The van der Waals surface area contributed by atoms with Gasteiger partial charge in [-0.2, -0.15) is 0 Å². The Morgan fingerprint density at radius 3 is 2.55 bits per heavy atom. The van der Waals surface area contributed by atoms with Crippen molar-refractivity contribution in [2.75, 3.05) is 18.0 Å². The van der Waals surface area contributed by atoms with Gasteiger partial charge in [0.2, 0.25) is 0 Å². The molecule has 2 aromatic heterocycles. The van der Waals surface area contributed by atoms with Gasteiger partial charge in [0.05, 0.1) is 18.0 Å². The number of amides is 2. The topological polar surface area (TPSA) is 80.6 Å². The van der Waals surface area contributed by atoms with E-state index in [-0.39, 0.29) is 18.0 Å². The number of thiophene rings is 1. The summed E-state index contributed by atoms with van der Waals surface area (Å²) in [6, 6.07) is 15.7. The average molecular weight is 409 g/mol. The van der Waals surface area contributed by atoms with E-state index in [1.165, 1.54) is 26.9 Å². The number of carbonyl (C=O) groups excluding carboxylic acids is 2. The molecular formula is C21H19N3O4S. The predicted molar refractivity (Wildman–Crippen MR) is 111 cm³/mol. The average Bonchev–Trinajstić information content (AvgIpc) is 3.32. The van der Waals surface area contributed by atoms with Crippen LogP contribution in [0.4, 0.5) is 10.5 Å². The van der Waals surface area contributed by atoms with Crippen molar-refractivity contribution in [2.24, 2.45) is 0 Å². The first kappa shape index (κ1) is 18.9. The number of rotatable bonds is 5. The molecule has 1 aliphatic heterocycles. The van der Waals surface area contributed by atoms with Crippen LogP contribution >= 0.6 is 11.3 Å². The fourth-order valence-electron chi connectivity index (χ4n) is 3.12. The Morgan fingerprint density at radius 1 is 1.10 bits per heavy atom. The molecule has 3 heterocycles. The van der Waals surface area contributed by atoms with Gasteiger partial charge in [0.15, 0.2) is 0 Å². The number of ether oxygens (including phenoxy) is 1. The Labute approximate surface area is 171 Å². The number of cyclic esters (lactones) is 1. The molecule has 4 rings (SSSR count). The molecule has 7 nitrogen and oxygen atoms in total. The summed E-state index contributed by atoms with van der Waals surface area (Å²) in [5.74, 6) is -0.171. The molecule has 1 saturated heterocycles. The van der Waals surface area contributed by atoms with Crippen LogP contribution in [-0.2, 0) is 4.74 Å². The van der Waals surface area contributed by atoms with Gasteiger partial charge in [0.25, 0.3) is 11.5 Å². The van der Waals surface area contributed by atoms with Crippen LogP contribution in [0.15, 0.2) is 65.6 Å². The molecule has 0 spiro atoms. The van der Waals surface area contributed by atoms with E-state index in [4.69, 9.17) is 4.74 Å². The lowest BCUT2D eigenvalue weighted by molar-refractivity contribution is 0.0920. The van der Waals surface area contributed by atoms with Gasteiger partial charge >= 0.3 is 6.09 Å². The molecule has 3 aromatic rings. The number of aryl methyl sites for hydroxylation is 1. The fraction of sp³-hybridized carbons (Fsp3) is 0.190. The molecule has 148 valence electrons. The van der Waals surface area contributed by atoms with E-state index in [0.717, 1.165) is 4.88 Å². The maximum Gasteiger partial charge on any atom is 0.414 e. The molecule has 1 atom stereocenters. The van der Waals surface area contributed by atoms with E-state index in [1.807, 2.05) is 13.0 Å². The summed E-state index contributed by atoms with van der Waals surface area (Å²) in [6.07, 6.45) is 0.805. The van der Waals surface area contributed by atoms with Gasteiger partial charge in [-0.25, -0.2) is 4.79 Å². The van der Waals surface area contributed by atoms with Gasteiger partial charge in [-0.05, 0) is 49.4 Å². The molecule has 0 aliphatic carbocycles. The van der Waals surface area contributed by atoms with E-state index in [9.17, 15) is 14.4 Å². The number of anilines is 1. The minimum atomic E-state index is -0.458. The molecule has 29 heavy (non-hydrogen) atoms. The Bertz CT molecular complexity index is 1100. The zero-order chi connectivity index (χ0) is 20.4. The molecule has 1 aromatic carbocycles. The first-order chi connectivity index (χ1) is 14.0. The molecule has 0 saturated carbocycles. The first-order valence-corrected chi connectivity index (χ1v) is 9.94. The lowest BCUT2D eigenvalue weighted by Gasteiger charge is -2.14. The second-order valence-electron chi connectivity index (χ2n) is 6.66. The molecule has 1 aliphatic rings. The van der Waals surface area contributed by atoms with Crippen molar-refractivity contribution in [1.82, 2.24) is 9.88 Å². The quantitative estimate of drug-likeness (QED) is 0.703. The molecule has 0 radical (unpaired) electrons. The van der Waals surface area contributed by atoms with E-state index in [1.54, 1.807) is 48.7 Å². The molecule has 8 heteroatoms. The van der Waals surface area contributed by atoms with Crippen molar-refractivity contribution in [3.8, 4) is 5.69 Å². The Morgan fingerprint density at radius 2 is 1.86 bits per heavy atom. The van der Waals surface area contributed by atoms with Crippen molar-refractivity contribution in [1.29, 1.82) is 0 Å². The van der Waals surface area contributed by atoms with Crippen molar-refractivity contribution < 1.29 is 14.3 Å². The molecule has 1 fully saturated rings. The number of nitrogens with one attached hydrogen (secondary N) is 1. The third-order valence-corrected chi connectivity index (χ3v) is 5.59. The van der Waals surface area contributed by atoms with Crippen LogP contribution in [0, 0.1) is 6.92 Å². The number of pyridine rings is 1. The van der Waals surface area contributed by atoms with Crippen LogP contribution in [-0.4, -0.2) is 35.8 Å². The maximum absolute atomic E-state index is 12.3. The van der Waals surface area contributed by atoms with Gasteiger partial charge in [-0.1, -0.05) is 6.07 Å². The lowest BCUT2D eigenvalue weighted by Crippen LogP contribution is -2.34. The number of aromatic nitrogens is 1. The van der Waals surface area contributed by atoms with Crippen LogP contribution in [0.25, 0.3) is 5.69 Å². The first-order valence-electron chi connectivity index (χ1n) is 9.12. The van der Waals surface area contributed by atoms with Crippen LogP contribution in [0.5, 0.6) is 0 Å². The van der Waals surface area contributed by atoms with Crippen molar-refractivity contribution in [3.63, 3.8) is 0 Å². The molecular weight excluding hydrogens is 390 g/mol. The number of benzene rings is 1. The van der Waals surface area contributed by atoms with Crippen LogP contribution in [0.2, 0.25) is 0 Å². The molecule has 0 bridgehead atoms. The number of hydrogen-bond acceptors (Lipinski definition) is 5. The van der Waals surface area contributed by atoms with Gasteiger partial charge in [0, 0.05) is 28.5 Å². The largest absolute Gasteiger partial charge is 0.442 e. The highest BCUT2D eigenvalue weighted by atomic mass is 32.1. The summed E-state index contributed by atoms with van der Waals surface area (Å²) in [7, 11) is 0. The van der Waals surface area contributed by atoms with Gasteiger partial charge in [-0.15, -0.1) is 11.3 Å². The summed E-state index contributed by atoms with van der Waals surface area (Å²) >= 11 is 1.42. The van der Waals surface area contributed by atoms with Gasteiger partial charge < -0.3 is 10.1 Å². The van der Waals surface area contributed by atoms with E-state index in [2.05, 4.69) is 5.32 Å². The zero-order valence-corrected chi connectivity index (χ0v) is 16.5. The van der Waals surface area contributed by atoms with Crippen LogP contribution in [0.3, 0.4) is 0 Å². The summed E-state index contributed by atoms with van der Waals surface area (Å²) in [5, 5.41) is 2.81. The van der Waals surface area contributed by atoms with E-state index >= 15 is 0 Å². The summed E-state index contributed by atoms with van der Waals surface area (Å²) in [6.45, 7) is 2.53. The zero-order valence-electron chi connectivity index (χ0n) is 15.7. The third kappa shape index (κ3) is 4.07. The summed E-state index contributed by atoms with van der Waals surface area (Å²) in [4.78, 5) is 39.6. The summed E-state index contributed by atoms with van der Waals surface area (Å²) < 4.78 is 6.90. The Balaban J connectivity index is 1.39. The molecule has 2 amide bonds. The smallest absolute Gasteiger partial charge is 0.414 e. The molecule has 1 N–H and O–H groups in total. The lowest BCUT2D eigenvalue weighted by atomic mass is 10.2. The Kier molecular flexibility index (Phi) is 5.18. The SMILES string of the molecule is Cc1ccc(C(=O)NCC2CN(c3ccc(-n4ccccc4=O)cc3)C(=O)O2)s1. The van der Waals surface area contributed by atoms with Crippen LogP contribution in [0.1, 0.15) is 14.5 Å². The number of carbonyl (C=O) groups is 2. The highest BCUT2D eigenvalue weighted by Gasteiger charge is 2.32. The van der Waals surface area contributed by atoms with Crippen molar-refractivity contribution in [3.05, 3.63) is 80.9 Å². The second-order valence-corrected chi connectivity index (χ2v) is 7.95. The Hall–Kier alpha value is -3.39. The highest BCUT2D eigenvalue weighted by Crippen LogP contribution is 2.23. The number of nitrogens with zero attached hydrogens (tertiary/aromatic N) is 2. The van der Waals surface area contributed by atoms with E-state index < -0.39 is 12.2 Å². The maximum atomic E-state index is 12.3. The third-order valence-electron chi connectivity index (χ3n) is 4.59. The van der Waals surface area contributed by atoms with Crippen molar-refractivity contribution in [2.45, 2.75) is 13.0 Å². The highest BCUT2D eigenvalue weighted by molar-refractivity contribution is 7.13. The minimum Gasteiger partial charge on any atom is -0.442 e. The van der Waals surface area contributed by atoms with E-state index in [0.29, 0.717) is 22.8 Å². The van der Waals surface area contributed by atoms with Gasteiger partial charge in [0.1, 0.15) is 6.10 Å². The minimum absolute atomic E-state index is 0.127. The molecule has 1 unspecified atom stereocenters. The standard InChI is InChI=1S/C21H19N3O4S/c1-14-5-10-18(29-14)20(26)22-12-17-13-24(21(27)28-17)16-8-6-15(7-9-16)23-11-3-2-4-19(23)25/h2-11,17H,12-13H2,1H3,(H,22,26). The second kappa shape index (κ2) is 7.92. The fourth-order valence-corrected chi connectivity index (χ4v) is 3.91. The summed E-state index contributed by atoms with van der Waals surface area (Å²) in [5.41, 5.74) is 1.25. The predicted octanol–water partition coefficient (Wildman–Crippen LogP) is 2.96. The van der Waals surface area contributed by atoms with Crippen LogP contribution < -0.4 is 15.8 Å². The number of hydrogen-bond donors (Lipinski definition) is 1. The monoisotopic (exact) mass is 409 g/mol. The normalized spacial score (nSPS) is 16.0. The van der Waals surface area contributed by atoms with Gasteiger partial charge in [-0.3, -0.25) is 19.1 Å². The van der Waals surface area contributed by atoms with Crippen molar-refractivity contribution >= 4 is 29.0 Å².